The van der Waals surface area contributed by atoms with Crippen LogP contribution in [0.3, 0.4) is 0 Å². The zero-order chi connectivity index (χ0) is 9.14. The van der Waals surface area contributed by atoms with Crippen LogP contribution in [-0.4, -0.2) is 10.3 Å². The molecule has 0 fully saturated rings. The van der Waals surface area contributed by atoms with E-state index in [1.54, 1.807) is 24.3 Å². The molecule has 0 bridgehead atoms. The van der Waals surface area contributed by atoms with E-state index in [1.807, 2.05) is 0 Å². The molecule has 62 valence electrons. The van der Waals surface area contributed by atoms with Crippen molar-refractivity contribution in [3.63, 3.8) is 0 Å². The topological polar surface area (TPSA) is 47.7 Å². The lowest BCUT2D eigenvalue weighted by molar-refractivity contribution is 1.48. The first-order chi connectivity index (χ1) is 5.63. The van der Waals surface area contributed by atoms with Gasteiger partial charge in [-0.2, -0.15) is 0 Å². The van der Waals surface area contributed by atoms with E-state index in [1.165, 1.54) is 0 Å². The summed E-state index contributed by atoms with van der Waals surface area (Å²) in [6.45, 7) is 0. The minimum atomic E-state index is -0.101. The highest BCUT2D eigenvalue weighted by molar-refractivity contribution is 6.72. The number of benzene rings is 1. The second-order valence-electron chi connectivity index (χ2n) is 2.17. The predicted molar refractivity (Wildman–Crippen MR) is 51.8 cm³/mol. The van der Waals surface area contributed by atoms with E-state index in [9.17, 15) is 0 Å². The highest BCUT2D eigenvalue weighted by Gasteiger charge is 2.06. The molecule has 0 saturated heterocycles. The van der Waals surface area contributed by atoms with E-state index in [0.29, 0.717) is 11.1 Å². The molecule has 1 aromatic carbocycles. The lowest BCUT2D eigenvalue weighted by Crippen LogP contribution is -1.99. The largest absolute Gasteiger partial charge is 0.289 e. The van der Waals surface area contributed by atoms with E-state index < -0.39 is 0 Å². The van der Waals surface area contributed by atoms with Gasteiger partial charge in [0, 0.05) is 11.1 Å². The second-order valence-corrected chi connectivity index (χ2v) is 2.93. The Morgan fingerprint density at radius 1 is 0.917 bits per heavy atom. The van der Waals surface area contributed by atoms with Crippen molar-refractivity contribution < 1.29 is 0 Å². The molecule has 4 heteroatoms. The molecule has 0 radical (unpaired) electrons. The summed E-state index contributed by atoms with van der Waals surface area (Å²) in [5.74, 6) is 0. The minimum Gasteiger partial charge on any atom is -0.289 e. The first kappa shape index (κ1) is 9.23. The summed E-state index contributed by atoms with van der Waals surface area (Å²) in [4.78, 5) is 0. The molecule has 1 aromatic rings. The van der Waals surface area contributed by atoms with Gasteiger partial charge in [0.15, 0.2) is 0 Å². The molecule has 1 rings (SSSR count). The van der Waals surface area contributed by atoms with Gasteiger partial charge in [0.2, 0.25) is 0 Å². The average molecular weight is 201 g/mol. The quantitative estimate of drug-likeness (QED) is 0.691. The smallest absolute Gasteiger partial charge is 0.128 e. The third-order valence-corrected chi connectivity index (χ3v) is 1.81. The van der Waals surface area contributed by atoms with E-state index in [4.69, 9.17) is 34.0 Å². The lowest BCUT2D eigenvalue weighted by atomic mass is 10.1. The van der Waals surface area contributed by atoms with Crippen LogP contribution in [0.15, 0.2) is 24.3 Å². The van der Waals surface area contributed by atoms with Crippen molar-refractivity contribution in [2.45, 2.75) is 0 Å². The molecule has 0 unspecified atom stereocenters. The van der Waals surface area contributed by atoms with Crippen LogP contribution in [0.5, 0.6) is 0 Å². The maximum absolute atomic E-state index is 7.18. The monoisotopic (exact) mass is 200 g/mol. The minimum absolute atomic E-state index is 0.101. The molecule has 0 saturated carbocycles. The molecule has 0 amide bonds. The molecule has 12 heavy (non-hydrogen) atoms. The van der Waals surface area contributed by atoms with Crippen LogP contribution in [0.2, 0.25) is 0 Å². The number of rotatable bonds is 2. The van der Waals surface area contributed by atoms with Crippen LogP contribution in [0, 0.1) is 10.8 Å². The normalized spacial score (nSPS) is 9.50. The van der Waals surface area contributed by atoms with E-state index in [0.717, 1.165) is 0 Å². The molecular weight excluding hydrogens is 195 g/mol. The van der Waals surface area contributed by atoms with Crippen molar-refractivity contribution >= 4 is 33.5 Å². The molecule has 0 heterocycles. The molecule has 0 spiro atoms. The van der Waals surface area contributed by atoms with Crippen molar-refractivity contribution in [1.29, 1.82) is 10.8 Å². The summed E-state index contributed by atoms with van der Waals surface area (Å²) in [6, 6.07) is 6.80. The Morgan fingerprint density at radius 3 is 1.50 bits per heavy atom. The van der Waals surface area contributed by atoms with Gasteiger partial charge in [0.05, 0.1) is 0 Å². The molecule has 0 atom stereocenters. The van der Waals surface area contributed by atoms with Crippen molar-refractivity contribution in [1.82, 2.24) is 0 Å². The zero-order valence-electron chi connectivity index (χ0n) is 6.07. The Balaban J connectivity index is 3.27. The van der Waals surface area contributed by atoms with Gasteiger partial charge in [-0.05, 0) is 0 Å². The Kier molecular flexibility index (Phi) is 2.84. The van der Waals surface area contributed by atoms with Crippen LogP contribution >= 0.6 is 23.2 Å². The molecule has 0 aliphatic heterocycles. The maximum atomic E-state index is 7.18. The first-order valence-corrected chi connectivity index (χ1v) is 3.96. The fraction of sp³-hybridized carbons (Fsp3) is 0. The number of halogens is 2. The van der Waals surface area contributed by atoms with E-state index >= 15 is 0 Å². The second kappa shape index (κ2) is 3.70. The molecule has 2 nitrogen and oxygen atoms in total. The average Bonchev–Trinajstić information content (AvgIpc) is 2.04. The number of nitrogens with one attached hydrogen (secondary N) is 2. The maximum Gasteiger partial charge on any atom is 0.128 e. The van der Waals surface area contributed by atoms with Gasteiger partial charge in [-0.3, -0.25) is 10.8 Å². The van der Waals surface area contributed by atoms with Gasteiger partial charge >= 0.3 is 0 Å². The Labute approximate surface area is 80.1 Å². The number of hydrogen-bond acceptors (Lipinski definition) is 2. The number of hydrogen-bond donors (Lipinski definition) is 2. The highest BCUT2D eigenvalue weighted by atomic mass is 35.5. The summed E-state index contributed by atoms with van der Waals surface area (Å²) in [6.07, 6.45) is 0. The summed E-state index contributed by atoms with van der Waals surface area (Å²) in [5.41, 5.74) is 0.971. The van der Waals surface area contributed by atoms with Crippen molar-refractivity contribution in [2.24, 2.45) is 0 Å². The van der Waals surface area contributed by atoms with Gasteiger partial charge in [-0.25, -0.2) is 0 Å². The summed E-state index contributed by atoms with van der Waals surface area (Å²) < 4.78 is 0. The Bertz CT molecular complexity index is 301. The van der Waals surface area contributed by atoms with Gasteiger partial charge < -0.3 is 0 Å². The summed E-state index contributed by atoms with van der Waals surface area (Å²) in [5, 5.41) is 14.2. The van der Waals surface area contributed by atoms with Crippen molar-refractivity contribution in [3.05, 3.63) is 35.4 Å². The van der Waals surface area contributed by atoms with Gasteiger partial charge in [-0.15, -0.1) is 0 Å². The molecule has 0 aromatic heterocycles. The van der Waals surface area contributed by atoms with E-state index in [-0.39, 0.29) is 10.3 Å². The zero-order valence-corrected chi connectivity index (χ0v) is 7.58. The molecule has 0 aliphatic rings. The summed E-state index contributed by atoms with van der Waals surface area (Å²) in [7, 11) is 0. The predicted octanol–water partition coefficient (Wildman–Crippen LogP) is 2.81. The van der Waals surface area contributed by atoms with Crippen LogP contribution in [0.25, 0.3) is 0 Å². The molecule has 0 aliphatic carbocycles. The van der Waals surface area contributed by atoms with Crippen LogP contribution in [0.1, 0.15) is 11.1 Å². The van der Waals surface area contributed by atoms with Gasteiger partial charge in [0.25, 0.3) is 0 Å². The van der Waals surface area contributed by atoms with Crippen LogP contribution in [0.4, 0.5) is 0 Å². The van der Waals surface area contributed by atoms with Crippen molar-refractivity contribution in [3.8, 4) is 0 Å². The lowest BCUT2D eigenvalue weighted by Gasteiger charge is -2.02. The van der Waals surface area contributed by atoms with Gasteiger partial charge in [-0.1, -0.05) is 47.5 Å². The fourth-order valence-corrected chi connectivity index (χ4v) is 1.20. The SMILES string of the molecule is N=C(Cl)c1ccccc1C(=N)Cl. The first-order valence-electron chi connectivity index (χ1n) is 3.21. The molecule has 2 N–H and O–H groups in total. The fourth-order valence-electron chi connectivity index (χ4n) is 0.866. The van der Waals surface area contributed by atoms with E-state index in [2.05, 4.69) is 0 Å². The third-order valence-electron chi connectivity index (χ3n) is 1.40. The highest BCUT2D eigenvalue weighted by Crippen LogP contribution is 2.13. The third kappa shape index (κ3) is 1.84. The van der Waals surface area contributed by atoms with Crippen LogP contribution in [-0.2, 0) is 0 Å². The Morgan fingerprint density at radius 2 is 1.25 bits per heavy atom. The Hall–Kier alpha value is -0.860. The molecular formula is C8H6Cl2N2. The standard InChI is InChI=1S/C8H6Cl2N2/c9-7(11)5-3-1-2-4-6(5)8(10)12/h1-4,11-12H. The summed E-state index contributed by atoms with van der Waals surface area (Å²) >= 11 is 11.0. The van der Waals surface area contributed by atoms with Crippen molar-refractivity contribution in [2.75, 3.05) is 0 Å². The van der Waals surface area contributed by atoms with Crippen LogP contribution < -0.4 is 0 Å². The van der Waals surface area contributed by atoms with Gasteiger partial charge in [0.1, 0.15) is 10.3 Å².